The number of hydrogen-bond donors (Lipinski definition) is 2. The van der Waals surface area contributed by atoms with Crippen LogP contribution in [0.4, 0.5) is 0 Å². The molecule has 0 spiro atoms. The Labute approximate surface area is 125 Å². The van der Waals surface area contributed by atoms with Gasteiger partial charge in [0.05, 0.1) is 5.60 Å². The summed E-state index contributed by atoms with van der Waals surface area (Å²) in [5.74, 6) is 0.804. The summed E-state index contributed by atoms with van der Waals surface area (Å²) < 4.78 is 0. The van der Waals surface area contributed by atoms with E-state index in [1.54, 1.807) is 11.8 Å². The van der Waals surface area contributed by atoms with E-state index >= 15 is 0 Å². The van der Waals surface area contributed by atoms with Crippen molar-refractivity contribution in [1.82, 2.24) is 5.32 Å². The van der Waals surface area contributed by atoms with Gasteiger partial charge in [-0.1, -0.05) is 30.5 Å². The molecule has 1 aromatic rings. The van der Waals surface area contributed by atoms with Crippen LogP contribution < -0.4 is 5.32 Å². The maximum Gasteiger partial charge on any atom is 0.220 e. The lowest BCUT2D eigenvalue weighted by atomic mass is 10.0. The highest BCUT2D eigenvalue weighted by molar-refractivity contribution is 7.99. The van der Waals surface area contributed by atoms with Crippen molar-refractivity contribution < 1.29 is 9.90 Å². The molecule has 4 heteroatoms. The van der Waals surface area contributed by atoms with Crippen molar-refractivity contribution in [3.8, 4) is 0 Å². The van der Waals surface area contributed by atoms with Crippen LogP contribution in [0, 0.1) is 6.92 Å². The lowest BCUT2D eigenvalue weighted by Gasteiger charge is -2.22. The Morgan fingerprint density at radius 1 is 1.30 bits per heavy atom. The minimum Gasteiger partial charge on any atom is -0.388 e. The summed E-state index contributed by atoms with van der Waals surface area (Å²) >= 11 is 1.69. The van der Waals surface area contributed by atoms with Crippen LogP contribution in [-0.2, 0) is 4.79 Å². The maximum absolute atomic E-state index is 11.8. The zero-order chi connectivity index (χ0) is 14.4. The third-order valence-electron chi connectivity index (χ3n) is 3.77. The second-order valence-corrected chi connectivity index (χ2v) is 6.79. The molecule has 20 heavy (non-hydrogen) atoms. The van der Waals surface area contributed by atoms with E-state index in [1.807, 2.05) is 0 Å². The highest BCUT2D eigenvalue weighted by Gasteiger charge is 2.31. The smallest absolute Gasteiger partial charge is 0.220 e. The van der Waals surface area contributed by atoms with Crippen LogP contribution in [0.2, 0.25) is 0 Å². The van der Waals surface area contributed by atoms with Crippen LogP contribution in [0.3, 0.4) is 0 Å². The monoisotopic (exact) mass is 293 g/mol. The molecule has 0 radical (unpaired) electrons. The zero-order valence-electron chi connectivity index (χ0n) is 12.0. The highest BCUT2D eigenvalue weighted by Crippen LogP contribution is 2.28. The van der Waals surface area contributed by atoms with E-state index in [1.165, 1.54) is 10.5 Å². The molecule has 1 saturated carbocycles. The molecule has 0 unspecified atom stereocenters. The number of nitrogens with one attached hydrogen (secondary N) is 1. The molecule has 0 bridgehead atoms. The van der Waals surface area contributed by atoms with Crippen molar-refractivity contribution in [3.05, 3.63) is 29.8 Å². The van der Waals surface area contributed by atoms with Gasteiger partial charge in [-0.25, -0.2) is 0 Å². The number of carbonyl (C=O) groups is 1. The molecular weight excluding hydrogens is 270 g/mol. The molecule has 1 amide bonds. The van der Waals surface area contributed by atoms with Crippen LogP contribution in [0.5, 0.6) is 0 Å². The largest absolute Gasteiger partial charge is 0.388 e. The van der Waals surface area contributed by atoms with Gasteiger partial charge in [-0.2, -0.15) is 0 Å². The van der Waals surface area contributed by atoms with Gasteiger partial charge < -0.3 is 10.4 Å². The minimum absolute atomic E-state index is 0.0323. The van der Waals surface area contributed by atoms with E-state index < -0.39 is 5.60 Å². The fraction of sp³-hybridized carbons (Fsp3) is 0.562. The first-order chi connectivity index (χ1) is 9.57. The highest BCUT2D eigenvalue weighted by atomic mass is 32.2. The van der Waals surface area contributed by atoms with Gasteiger partial charge in [-0.15, -0.1) is 11.8 Å². The molecule has 1 fully saturated rings. The number of benzene rings is 1. The maximum atomic E-state index is 11.8. The van der Waals surface area contributed by atoms with Crippen LogP contribution in [0.25, 0.3) is 0 Å². The van der Waals surface area contributed by atoms with E-state index in [0.29, 0.717) is 13.0 Å². The molecule has 3 nitrogen and oxygen atoms in total. The second-order valence-electron chi connectivity index (χ2n) is 5.62. The molecule has 2 N–H and O–H groups in total. The number of aryl methyl sites for hydroxylation is 1. The summed E-state index contributed by atoms with van der Waals surface area (Å²) in [5, 5.41) is 13.0. The first-order valence-electron chi connectivity index (χ1n) is 7.26. The fourth-order valence-electron chi connectivity index (χ4n) is 2.46. The minimum atomic E-state index is -0.653. The van der Waals surface area contributed by atoms with Gasteiger partial charge >= 0.3 is 0 Å². The van der Waals surface area contributed by atoms with Crippen molar-refractivity contribution in [2.45, 2.75) is 49.5 Å². The zero-order valence-corrected chi connectivity index (χ0v) is 12.8. The number of aliphatic hydroxyl groups is 1. The lowest BCUT2D eigenvalue weighted by Crippen LogP contribution is -2.40. The Morgan fingerprint density at radius 2 is 1.95 bits per heavy atom. The third kappa shape index (κ3) is 4.84. The van der Waals surface area contributed by atoms with E-state index in [4.69, 9.17) is 0 Å². The van der Waals surface area contributed by atoms with Crippen molar-refractivity contribution >= 4 is 17.7 Å². The van der Waals surface area contributed by atoms with Gasteiger partial charge in [0, 0.05) is 23.6 Å². The van der Waals surface area contributed by atoms with Crippen LogP contribution in [-0.4, -0.2) is 28.9 Å². The molecule has 0 aromatic heterocycles. The number of thioether (sulfide) groups is 1. The number of rotatable bonds is 6. The summed E-state index contributed by atoms with van der Waals surface area (Å²) in [6, 6.07) is 8.33. The second kappa shape index (κ2) is 7.14. The SMILES string of the molecule is Cc1ccc(SCCC(=O)NCC2(O)CCCC2)cc1. The van der Waals surface area contributed by atoms with Crippen molar-refractivity contribution in [2.75, 3.05) is 12.3 Å². The van der Waals surface area contributed by atoms with E-state index in [0.717, 1.165) is 31.4 Å². The Bertz CT molecular complexity index is 438. The normalized spacial score (nSPS) is 17.1. The summed E-state index contributed by atoms with van der Waals surface area (Å²) in [7, 11) is 0. The number of hydrogen-bond acceptors (Lipinski definition) is 3. The average Bonchev–Trinajstić information content (AvgIpc) is 2.86. The van der Waals surface area contributed by atoms with Gasteiger partial charge in [0.1, 0.15) is 0 Å². The summed E-state index contributed by atoms with van der Waals surface area (Å²) in [4.78, 5) is 12.9. The Kier molecular flexibility index (Phi) is 5.49. The Hall–Kier alpha value is -1.00. The predicted octanol–water partition coefficient (Wildman–Crippen LogP) is 2.90. The molecular formula is C16H23NO2S. The Balaban J connectivity index is 1.64. The van der Waals surface area contributed by atoms with Gasteiger partial charge in [0.2, 0.25) is 5.91 Å². The average molecular weight is 293 g/mol. The van der Waals surface area contributed by atoms with E-state index in [-0.39, 0.29) is 5.91 Å². The van der Waals surface area contributed by atoms with Gasteiger partial charge in [0.25, 0.3) is 0 Å². The van der Waals surface area contributed by atoms with Gasteiger partial charge in [-0.3, -0.25) is 4.79 Å². The first kappa shape index (κ1) is 15.4. The first-order valence-corrected chi connectivity index (χ1v) is 8.25. The van der Waals surface area contributed by atoms with Crippen LogP contribution in [0.15, 0.2) is 29.2 Å². The molecule has 0 atom stereocenters. The van der Waals surface area contributed by atoms with Crippen molar-refractivity contribution in [2.24, 2.45) is 0 Å². The molecule has 0 aliphatic heterocycles. The van der Waals surface area contributed by atoms with Gasteiger partial charge in [-0.05, 0) is 31.9 Å². The topological polar surface area (TPSA) is 49.3 Å². The van der Waals surface area contributed by atoms with Crippen LogP contribution in [0.1, 0.15) is 37.7 Å². The summed E-state index contributed by atoms with van der Waals surface area (Å²) in [6.45, 7) is 2.47. The molecule has 1 aliphatic carbocycles. The number of amides is 1. The molecule has 110 valence electrons. The molecule has 0 heterocycles. The van der Waals surface area contributed by atoms with E-state index in [9.17, 15) is 9.90 Å². The third-order valence-corrected chi connectivity index (χ3v) is 4.78. The quantitative estimate of drug-likeness (QED) is 0.793. The predicted molar refractivity (Wildman–Crippen MR) is 82.9 cm³/mol. The standard InChI is InChI=1S/C16H23NO2S/c1-13-4-6-14(7-5-13)20-11-8-15(18)17-12-16(19)9-2-3-10-16/h4-7,19H,2-3,8-12H2,1H3,(H,17,18). The summed E-state index contributed by atoms with van der Waals surface area (Å²) in [5.41, 5.74) is 0.594. The molecule has 2 rings (SSSR count). The lowest BCUT2D eigenvalue weighted by molar-refractivity contribution is -0.121. The van der Waals surface area contributed by atoms with Crippen molar-refractivity contribution in [1.29, 1.82) is 0 Å². The summed E-state index contributed by atoms with van der Waals surface area (Å²) in [6.07, 6.45) is 4.25. The van der Waals surface area contributed by atoms with Crippen molar-refractivity contribution in [3.63, 3.8) is 0 Å². The molecule has 0 saturated heterocycles. The Morgan fingerprint density at radius 3 is 2.60 bits per heavy atom. The molecule has 1 aromatic carbocycles. The van der Waals surface area contributed by atoms with E-state index in [2.05, 4.69) is 36.5 Å². The van der Waals surface area contributed by atoms with Gasteiger partial charge in [0.15, 0.2) is 0 Å². The fourth-order valence-corrected chi connectivity index (χ4v) is 3.31. The molecule has 1 aliphatic rings. The number of carbonyl (C=O) groups excluding carboxylic acids is 1. The van der Waals surface area contributed by atoms with Crippen LogP contribution >= 0.6 is 11.8 Å².